The third-order valence-electron chi connectivity index (χ3n) is 9.95. The van der Waals surface area contributed by atoms with Crippen molar-refractivity contribution in [2.24, 2.45) is 5.92 Å². The van der Waals surface area contributed by atoms with Gasteiger partial charge >= 0.3 is 12.1 Å². The molecule has 0 saturated carbocycles. The summed E-state index contributed by atoms with van der Waals surface area (Å²) in [5.74, 6) is -1.71. The van der Waals surface area contributed by atoms with Crippen LogP contribution in [0.5, 0.6) is 0 Å². The van der Waals surface area contributed by atoms with Crippen molar-refractivity contribution < 1.29 is 41.4 Å². The molecule has 2 unspecified atom stereocenters. The van der Waals surface area contributed by atoms with Crippen molar-refractivity contribution in [3.05, 3.63) is 91.9 Å². The van der Waals surface area contributed by atoms with E-state index in [1.54, 1.807) is 27.7 Å². The van der Waals surface area contributed by atoms with E-state index in [0.717, 1.165) is 23.6 Å². The first-order chi connectivity index (χ1) is 24.5. The van der Waals surface area contributed by atoms with Gasteiger partial charge in [0, 0.05) is 36.5 Å². The van der Waals surface area contributed by atoms with Crippen molar-refractivity contribution in [3.8, 4) is 23.5 Å². The van der Waals surface area contributed by atoms with Gasteiger partial charge in [-0.3, -0.25) is 19.3 Å². The Morgan fingerprint density at radius 1 is 1.06 bits per heavy atom. The van der Waals surface area contributed by atoms with Gasteiger partial charge in [-0.15, -0.1) is 6.42 Å². The minimum Gasteiger partial charge on any atom is -0.481 e. The van der Waals surface area contributed by atoms with Crippen molar-refractivity contribution >= 4 is 11.9 Å². The summed E-state index contributed by atoms with van der Waals surface area (Å²) in [7, 11) is 0. The third-order valence-corrected chi connectivity index (χ3v) is 9.95. The maximum absolute atomic E-state index is 16.0. The van der Waals surface area contributed by atoms with E-state index < -0.39 is 59.3 Å². The highest BCUT2D eigenvalue weighted by molar-refractivity contribution is 5.82. The summed E-state index contributed by atoms with van der Waals surface area (Å²) >= 11 is 0. The number of nitrogens with one attached hydrogen (secondary N) is 1. The highest BCUT2D eigenvalue weighted by Crippen LogP contribution is 2.36. The second kappa shape index (κ2) is 15.6. The molecule has 3 aromatic rings. The largest absolute Gasteiger partial charge is 0.481 e. The Morgan fingerprint density at radius 3 is 2.25 bits per heavy atom. The number of aromatic nitrogens is 1. The van der Waals surface area contributed by atoms with Crippen LogP contribution in [-0.4, -0.2) is 58.3 Å². The number of carbonyl (C=O) groups is 2. The lowest BCUT2D eigenvalue weighted by molar-refractivity contribution is -0.139. The number of hydrogen-bond donors (Lipinski definition) is 2. The van der Waals surface area contributed by atoms with Crippen LogP contribution in [0.2, 0.25) is 0 Å². The third kappa shape index (κ3) is 8.40. The predicted molar refractivity (Wildman–Crippen MR) is 185 cm³/mol. The van der Waals surface area contributed by atoms with Crippen LogP contribution in [0, 0.1) is 43.7 Å². The lowest BCUT2D eigenvalue weighted by Crippen LogP contribution is -2.46. The molecule has 2 fully saturated rings. The molecule has 2 N–H and O–H groups in total. The molecule has 13 heteroatoms. The number of halogens is 5. The van der Waals surface area contributed by atoms with Crippen molar-refractivity contribution in [2.75, 3.05) is 19.8 Å². The molecular formula is C39H42F5N3O5. The maximum atomic E-state index is 16.0. The predicted octanol–water partition coefficient (Wildman–Crippen LogP) is 6.74. The number of aliphatic carboxylic acids is 1. The van der Waals surface area contributed by atoms with Gasteiger partial charge in [-0.05, 0) is 97.5 Å². The van der Waals surface area contributed by atoms with Gasteiger partial charge in [0.1, 0.15) is 17.7 Å². The van der Waals surface area contributed by atoms with Crippen LogP contribution < -0.4 is 10.9 Å². The summed E-state index contributed by atoms with van der Waals surface area (Å²) in [6, 6.07) is 3.09. The molecule has 3 heterocycles. The van der Waals surface area contributed by atoms with E-state index in [4.69, 9.17) is 11.2 Å². The molecule has 278 valence electrons. The van der Waals surface area contributed by atoms with Gasteiger partial charge in [-0.1, -0.05) is 19.8 Å². The number of carboxylic acid groups (broad SMARTS) is 1. The average molecular weight is 728 g/mol. The van der Waals surface area contributed by atoms with Crippen molar-refractivity contribution in [1.29, 1.82) is 0 Å². The minimum atomic E-state index is -4.83. The Morgan fingerprint density at radius 2 is 1.69 bits per heavy atom. The number of amides is 1. The normalized spacial score (nSPS) is 18.6. The molecule has 8 nitrogen and oxygen atoms in total. The van der Waals surface area contributed by atoms with Crippen molar-refractivity contribution in [2.45, 2.75) is 90.1 Å². The number of benzene rings is 2. The lowest BCUT2D eigenvalue weighted by atomic mass is 9.90. The number of terminal acetylenes is 1. The number of carboxylic acids is 1. The van der Waals surface area contributed by atoms with Crippen LogP contribution in [-0.2, 0) is 26.9 Å². The van der Waals surface area contributed by atoms with Crippen LogP contribution in [0.15, 0.2) is 41.3 Å². The molecule has 4 atom stereocenters. The topological polar surface area (TPSA) is 101 Å². The number of alkyl halides is 3. The second-order valence-corrected chi connectivity index (χ2v) is 14.2. The number of nitrogens with zero attached hydrogens (tertiary/aromatic N) is 2. The van der Waals surface area contributed by atoms with Crippen LogP contribution in [0.3, 0.4) is 0 Å². The fraction of sp³-hybridized carbons (Fsp3) is 0.462. The van der Waals surface area contributed by atoms with Gasteiger partial charge in [-0.2, -0.15) is 13.2 Å². The number of carbonyl (C=O) groups excluding carboxylic acids is 1. The van der Waals surface area contributed by atoms with E-state index in [9.17, 15) is 37.1 Å². The van der Waals surface area contributed by atoms with E-state index in [0.29, 0.717) is 48.1 Å². The first-order valence-electron chi connectivity index (χ1n) is 17.2. The Balaban J connectivity index is 1.55. The standard InChI is InChI=1S/C39H42F5N3O5/c1-6-24-14-26(36-22(4)12-27(40)13-23(36)5)15-30(37(24)41)32(17-35(49)50)45-38(51)33(11-21(2)3)47-18-25(31(16-34(47)48)39(42,43)44)9-10-46-28-7-8-29(46)20-52-19-28/h1,12-16,18,21,28-29,32-33H,7-11,17,19-20H2,2-5H3,(H,45,51)(H,49,50)/t28?,29?,32-,33+/m0/s1. The second-order valence-electron chi connectivity index (χ2n) is 14.2. The first-order valence-corrected chi connectivity index (χ1v) is 17.2. The summed E-state index contributed by atoms with van der Waals surface area (Å²) in [6.45, 7) is 8.10. The zero-order valence-electron chi connectivity index (χ0n) is 29.4. The van der Waals surface area contributed by atoms with Gasteiger partial charge in [0.2, 0.25) is 5.91 Å². The molecule has 2 aliphatic heterocycles. The number of morpholine rings is 1. The summed E-state index contributed by atoms with van der Waals surface area (Å²) in [6.07, 6.45) is 2.78. The highest BCUT2D eigenvalue weighted by Gasteiger charge is 2.39. The molecular weight excluding hydrogens is 685 g/mol. The molecule has 0 aliphatic carbocycles. The van der Waals surface area contributed by atoms with Crippen LogP contribution in [0.25, 0.3) is 11.1 Å². The van der Waals surface area contributed by atoms with Crippen LogP contribution in [0.1, 0.15) is 85.0 Å². The van der Waals surface area contributed by atoms with Gasteiger partial charge < -0.3 is 19.7 Å². The van der Waals surface area contributed by atoms with Crippen LogP contribution >= 0.6 is 0 Å². The number of aryl methyl sites for hydroxylation is 2. The fourth-order valence-corrected chi connectivity index (χ4v) is 7.62. The van der Waals surface area contributed by atoms with Gasteiger partial charge in [0.15, 0.2) is 0 Å². The summed E-state index contributed by atoms with van der Waals surface area (Å²) in [5, 5.41) is 12.4. The lowest BCUT2D eigenvalue weighted by Gasteiger charge is -2.34. The van der Waals surface area contributed by atoms with E-state index in [-0.39, 0.29) is 47.5 Å². The molecule has 1 amide bonds. The smallest absolute Gasteiger partial charge is 0.416 e. The number of hydrogen-bond acceptors (Lipinski definition) is 5. The molecule has 5 rings (SSSR count). The van der Waals surface area contributed by atoms with Crippen molar-refractivity contribution in [1.82, 2.24) is 14.8 Å². The van der Waals surface area contributed by atoms with Gasteiger partial charge in [0.05, 0.1) is 36.8 Å². The Labute approximate surface area is 299 Å². The quantitative estimate of drug-likeness (QED) is 0.159. The molecule has 2 saturated heterocycles. The maximum Gasteiger partial charge on any atom is 0.416 e. The van der Waals surface area contributed by atoms with Crippen LogP contribution in [0.4, 0.5) is 22.0 Å². The molecule has 0 radical (unpaired) electrons. The van der Waals surface area contributed by atoms with E-state index in [2.05, 4.69) is 16.1 Å². The van der Waals surface area contributed by atoms with Gasteiger partial charge in [-0.25, -0.2) is 8.78 Å². The van der Waals surface area contributed by atoms with E-state index in [1.165, 1.54) is 24.3 Å². The Kier molecular flexibility index (Phi) is 11.6. The Bertz CT molecular complexity index is 1910. The number of pyridine rings is 1. The molecule has 52 heavy (non-hydrogen) atoms. The molecule has 2 aliphatic rings. The van der Waals surface area contributed by atoms with Gasteiger partial charge in [0.25, 0.3) is 5.56 Å². The number of fused-ring (bicyclic) bond motifs is 2. The number of ether oxygens (including phenoxy) is 1. The highest BCUT2D eigenvalue weighted by atomic mass is 19.4. The van der Waals surface area contributed by atoms with Crippen molar-refractivity contribution in [3.63, 3.8) is 0 Å². The molecule has 2 aromatic carbocycles. The fourth-order valence-electron chi connectivity index (χ4n) is 7.62. The molecule has 1 aromatic heterocycles. The first kappa shape index (κ1) is 38.7. The zero-order valence-corrected chi connectivity index (χ0v) is 29.4. The Hall–Kier alpha value is -4.54. The summed E-state index contributed by atoms with van der Waals surface area (Å²) in [5.41, 5.74) is -0.892. The minimum absolute atomic E-state index is 0.00392. The summed E-state index contributed by atoms with van der Waals surface area (Å²) < 4.78 is 79.5. The molecule has 0 spiro atoms. The summed E-state index contributed by atoms with van der Waals surface area (Å²) in [4.78, 5) is 41.8. The SMILES string of the molecule is C#Cc1cc(-c2c(C)cc(F)cc2C)cc([C@H](CC(=O)O)NC(=O)[C@@H](CC(C)C)n2cc(CCN3C4CCC3COC4)c(C(F)(F)F)cc2=O)c1F. The molecule has 2 bridgehead atoms. The van der Waals surface area contributed by atoms with E-state index in [1.807, 2.05) is 0 Å². The monoisotopic (exact) mass is 727 g/mol. The average Bonchev–Trinajstić information content (AvgIpc) is 3.26. The number of rotatable bonds is 12. The zero-order chi connectivity index (χ0) is 38.1. The van der Waals surface area contributed by atoms with E-state index >= 15 is 4.39 Å².